The van der Waals surface area contributed by atoms with E-state index in [9.17, 15) is 24.5 Å². The summed E-state index contributed by atoms with van der Waals surface area (Å²) in [6, 6.07) is 17.9. The van der Waals surface area contributed by atoms with Gasteiger partial charge in [0, 0.05) is 18.7 Å². The Morgan fingerprint density at radius 2 is 1.67 bits per heavy atom. The summed E-state index contributed by atoms with van der Waals surface area (Å²) in [5.41, 5.74) is 0.602. The molecule has 0 bridgehead atoms. The van der Waals surface area contributed by atoms with Gasteiger partial charge in [0.2, 0.25) is 5.91 Å². The predicted octanol–water partition coefficient (Wildman–Crippen LogP) is 2.33. The molecule has 30 heavy (non-hydrogen) atoms. The van der Waals surface area contributed by atoms with Gasteiger partial charge in [-0.25, -0.2) is 0 Å². The molecule has 0 aliphatic carbocycles. The van der Waals surface area contributed by atoms with Crippen LogP contribution in [0.2, 0.25) is 0 Å². The van der Waals surface area contributed by atoms with E-state index >= 15 is 0 Å². The number of benzene rings is 2. The second-order valence-corrected chi connectivity index (χ2v) is 6.37. The number of para-hydroxylation sites is 1. The molecule has 152 valence electrons. The lowest BCUT2D eigenvalue weighted by Gasteiger charge is -2.12. The normalized spacial score (nSPS) is 10.3. The minimum absolute atomic E-state index is 0.258. The molecule has 0 saturated heterocycles. The van der Waals surface area contributed by atoms with E-state index in [2.05, 4.69) is 10.6 Å². The average molecular weight is 406 g/mol. The first kappa shape index (κ1) is 20.5. The number of carbonyl (C=O) groups is 2. The average Bonchev–Trinajstić information content (AvgIpc) is 2.74. The molecule has 1 heterocycles. The SMILES string of the molecule is O=C(Cn1cc([N+](=O)[O-])ccc1=O)Nc1ccccc1C(=O)NCc1ccccc1. The van der Waals surface area contributed by atoms with Crippen LogP contribution in [0.25, 0.3) is 0 Å². The van der Waals surface area contributed by atoms with Crippen molar-refractivity contribution in [1.82, 2.24) is 9.88 Å². The molecule has 1 aromatic heterocycles. The number of pyridine rings is 1. The van der Waals surface area contributed by atoms with Crippen molar-refractivity contribution in [2.24, 2.45) is 0 Å². The Labute approximate surface area is 171 Å². The molecule has 0 saturated carbocycles. The van der Waals surface area contributed by atoms with Crippen molar-refractivity contribution in [2.45, 2.75) is 13.1 Å². The standard InChI is InChI=1S/C21H18N4O5/c26-19(14-24-13-16(25(29)30)10-11-20(24)27)23-18-9-5-4-8-17(18)21(28)22-12-15-6-2-1-3-7-15/h1-11,13H,12,14H2,(H,22,28)(H,23,26). The highest BCUT2D eigenvalue weighted by Crippen LogP contribution is 2.15. The molecule has 0 radical (unpaired) electrons. The van der Waals surface area contributed by atoms with Crippen LogP contribution in [0.1, 0.15) is 15.9 Å². The maximum Gasteiger partial charge on any atom is 0.285 e. The molecule has 9 nitrogen and oxygen atoms in total. The van der Waals surface area contributed by atoms with Crippen LogP contribution in [0.4, 0.5) is 11.4 Å². The number of hydrogen-bond acceptors (Lipinski definition) is 5. The van der Waals surface area contributed by atoms with Gasteiger partial charge in [-0.15, -0.1) is 0 Å². The number of amides is 2. The van der Waals surface area contributed by atoms with Crippen LogP contribution in [0.3, 0.4) is 0 Å². The Morgan fingerprint density at radius 3 is 2.40 bits per heavy atom. The van der Waals surface area contributed by atoms with E-state index in [1.165, 1.54) is 0 Å². The van der Waals surface area contributed by atoms with Gasteiger partial charge < -0.3 is 10.6 Å². The Kier molecular flexibility index (Phi) is 6.33. The highest BCUT2D eigenvalue weighted by molar-refractivity contribution is 6.03. The van der Waals surface area contributed by atoms with Crippen molar-refractivity contribution in [3.8, 4) is 0 Å². The van der Waals surface area contributed by atoms with Crippen LogP contribution in [0, 0.1) is 10.1 Å². The Bertz CT molecular complexity index is 1140. The molecule has 2 N–H and O–H groups in total. The van der Waals surface area contributed by atoms with Crippen LogP contribution in [0.15, 0.2) is 77.7 Å². The lowest BCUT2D eigenvalue weighted by atomic mass is 10.1. The molecule has 9 heteroatoms. The minimum Gasteiger partial charge on any atom is -0.348 e. The van der Waals surface area contributed by atoms with Crippen molar-refractivity contribution in [3.63, 3.8) is 0 Å². The first-order chi connectivity index (χ1) is 14.4. The number of nitrogens with zero attached hydrogens (tertiary/aromatic N) is 2. The molecule has 0 spiro atoms. The number of nitrogens with one attached hydrogen (secondary N) is 2. The zero-order valence-electron chi connectivity index (χ0n) is 15.8. The monoisotopic (exact) mass is 406 g/mol. The summed E-state index contributed by atoms with van der Waals surface area (Å²) in [4.78, 5) is 47.0. The Morgan fingerprint density at radius 1 is 0.967 bits per heavy atom. The van der Waals surface area contributed by atoms with E-state index < -0.39 is 22.9 Å². The fourth-order valence-electron chi connectivity index (χ4n) is 2.76. The molecule has 0 aliphatic heterocycles. The van der Waals surface area contributed by atoms with E-state index in [1.54, 1.807) is 24.3 Å². The molecule has 3 aromatic rings. The van der Waals surface area contributed by atoms with Crippen LogP contribution >= 0.6 is 0 Å². The van der Waals surface area contributed by atoms with Gasteiger partial charge in [-0.3, -0.25) is 29.1 Å². The molecule has 3 rings (SSSR count). The quantitative estimate of drug-likeness (QED) is 0.460. The molecule has 0 fully saturated rings. The summed E-state index contributed by atoms with van der Waals surface area (Å²) < 4.78 is 0.936. The second kappa shape index (κ2) is 9.28. The fraction of sp³-hybridized carbons (Fsp3) is 0.0952. The van der Waals surface area contributed by atoms with Crippen LogP contribution in [0.5, 0.6) is 0 Å². The molecular formula is C21H18N4O5. The van der Waals surface area contributed by atoms with Crippen LogP contribution in [-0.4, -0.2) is 21.3 Å². The maximum atomic E-state index is 12.6. The van der Waals surface area contributed by atoms with E-state index in [-0.39, 0.29) is 22.8 Å². The first-order valence-electron chi connectivity index (χ1n) is 9.00. The summed E-state index contributed by atoms with van der Waals surface area (Å²) in [7, 11) is 0. The lowest BCUT2D eigenvalue weighted by Crippen LogP contribution is -2.28. The van der Waals surface area contributed by atoms with Gasteiger partial charge in [0.05, 0.1) is 22.4 Å². The van der Waals surface area contributed by atoms with Crippen molar-refractivity contribution in [1.29, 1.82) is 0 Å². The van der Waals surface area contributed by atoms with Gasteiger partial charge in [-0.1, -0.05) is 42.5 Å². The van der Waals surface area contributed by atoms with Crippen molar-refractivity contribution < 1.29 is 14.5 Å². The highest BCUT2D eigenvalue weighted by Gasteiger charge is 2.15. The number of carbonyl (C=O) groups excluding carboxylic acids is 2. The zero-order valence-corrected chi connectivity index (χ0v) is 15.8. The zero-order chi connectivity index (χ0) is 21.5. The number of nitro groups is 1. The molecule has 0 unspecified atom stereocenters. The van der Waals surface area contributed by atoms with Crippen LogP contribution in [-0.2, 0) is 17.9 Å². The third kappa shape index (κ3) is 5.16. The number of hydrogen-bond donors (Lipinski definition) is 2. The smallest absolute Gasteiger partial charge is 0.285 e. The number of aromatic nitrogens is 1. The molecule has 2 aromatic carbocycles. The first-order valence-corrected chi connectivity index (χ1v) is 9.00. The summed E-state index contributed by atoms with van der Waals surface area (Å²) >= 11 is 0. The highest BCUT2D eigenvalue weighted by atomic mass is 16.6. The fourth-order valence-corrected chi connectivity index (χ4v) is 2.76. The Balaban J connectivity index is 1.71. The van der Waals surface area contributed by atoms with Gasteiger partial charge in [0.25, 0.3) is 17.2 Å². The van der Waals surface area contributed by atoms with Crippen molar-refractivity contribution in [3.05, 3.63) is 105 Å². The van der Waals surface area contributed by atoms with Gasteiger partial charge >= 0.3 is 0 Å². The maximum absolute atomic E-state index is 12.6. The molecule has 0 atom stereocenters. The van der Waals surface area contributed by atoms with Gasteiger partial charge in [0.1, 0.15) is 6.54 Å². The van der Waals surface area contributed by atoms with Gasteiger partial charge in [-0.05, 0) is 17.7 Å². The number of anilines is 1. The molecule has 2 amide bonds. The lowest BCUT2D eigenvalue weighted by molar-refractivity contribution is -0.385. The van der Waals surface area contributed by atoms with Gasteiger partial charge in [-0.2, -0.15) is 0 Å². The third-order valence-electron chi connectivity index (χ3n) is 4.23. The van der Waals surface area contributed by atoms with E-state index in [0.717, 1.165) is 28.5 Å². The minimum atomic E-state index is -0.653. The molecule has 0 aliphatic rings. The van der Waals surface area contributed by atoms with E-state index in [0.29, 0.717) is 6.54 Å². The second-order valence-electron chi connectivity index (χ2n) is 6.37. The summed E-state index contributed by atoms with van der Waals surface area (Å²) in [6.07, 6.45) is 1.00. The summed E-state index contributed by atoms with van der Waals surface area (Å²) in [5.74, 6) is -0.969. The number of rotatable bonds is 7. The summed E-state index contributed by atoms with van der Waals surface area (Å²) in [6.45, 7) is -0.106. The van der Waals surface area contributed by atoms with Gasteiger partial charge in [0.15, 0.2) is 0 Å². The Hall–Kier alpha value is -4.27. The van der Waals surface area contributed by atoms with Crippen molar-refractivity contribution in [2.75, 3.05) is 5.32 Å². The van der Waals surface area contributed by atoms with Crippen LogP contribution < -0.4 is 16.2 Å². The molecular weight excluding hydrogens is 388 g/mol. The van der Waals surface area contributed by atoms with E-state index in [4.69, 9.17) is 0 Å². The van der Waals surface area contributed by atoms with E-state index in [1.807, 2.05) is 30.3 Å². The topological polar surface area (TPSA) is 123 Å². The third-order valence-corrected chi connectivity index (χ3v) is 4.23. The largest absolute Gasteiger partial charge is 0.348 e. The summed E-state index contributed by atoms with van der Waals surface area (Å²) in [5, 5.41) is 16.2. The predicted molar refractivity (Wildman–Crippen MR) is 110 cm³/mol. The van der Waals surface area contributed by atoms with Crippen molar-refractivity contribution >= 4 is 23.2 Å².